The van der Waals surface area contributed by atoms with Crippen LogP contribution in [-0.4, -0.2) is 38.3 Å². The highest BCUT2D eigenvalue weighted by molar-refractivity contribution is 7.89. The largest absolute Gasteiger partial charge is 0.483 e. The molecular formula is C20H25FN2O4S. The first-order valence-electron chi connectivity index (χ1n) is 8.98. The number of nitrogens with zero attached hydrogens (tertiary/aromatic N) is 1. The van der Waals surface area contributed by atoms with Crippen molar-refractivity contribution < 1.29 is 22.3 Å². The summed E-state index contributed by atoms with van der Waals surface area (Å²) in [4.78, 5) is 12.3. The molecule has 1 N–H and O–H groups in total. The van der Waals surface area contributed by atoms with E-state index in [-0.39, 0.29) is 11.5 Å². The van der Waals surface area contributed by atoms with Gasteiger partial charge in [0.05, 0.1) is 4.90 Å². The summed E-state index contributed by atoms with van der Waals surface area (Å²) in [5.41, 5.74) is 1.71. The van der Waals surface area contributed by atoms with Crippen LogP contribution in [0.1, 0.15) is 25.0 Å². The van der Waals surface area contributed by atoms with Crippen molar-refractivity contribution >= 4 is 21.6 Å². The Hall–Kier alpha value is -2.45. The number of sulfonamides is 1. The molecule has 2 rings (SSSR count). The lowest BCUT2D eigenvalue weighted by atomic mass is 10.2. The summed E-state index contributed by atoms with van der Waals surface area (Å²) in [6.07, 6.45) is 0. The van der Waals surface area contributed by atoms with E-state index >= 15 is 0 Å². The monoisotopic (exact) mass is 408 g/mol. The van der Waals surface area contributed by atoms with Gasteiger partial charge in [0.1, 0.15) is 11.6 Å². The molecule has 0 bridgehead atoms. The van der Waals surface area contributed by atoms with Gasteiger partial charge in [0.25, 0.3) is 5.91 Å². The van der Waals surface area contributed by atoms with Gasteiger partial charge >= 0.3 is 0 Å². The van der Waals surface area contributed by atoms with Crippen LogP contribution in [0.25, 0.3) is 0 Å². The first kappa shape index (κ1) is 21.8. The van der Waals surface area contributed by atoms with Gasteiger partial charge < -0.3 is 10.1 Å². The molecule has 0 aliphatic heterocycles. The molecule has 28 heavy (non-hydrogen) atoms. The number of halogens is 1. The average molecular weight is 408 g/mol. The Morgan fingerprint density at radius 1 is 1.07 bits per heavy atom. The highest BCUT2D eigenvalue weighted by Crippen LogP contribution is 2.24. The van der Waals surface area contributed by atoms with E-state index in [9.17, 15) is 17.6 Å². The van der Waals surface area contributed by atoms with Crippen LogP contribution in [0.5, 0.6) is 5.75 Å². The average Bonchev–Trinajstić information content (AvgIpc) is 2.64. The number of benzene rings is 2. The van der Waals surface area contributed by atoms with Gasteiger partial charge in [-0.15, -0.1) is 0 Å². The molecule has 0 atom stereocenters. The molecule has 0 unspecified atom stereocenters. The molecule has 0 radical (unpaired) electrons. The highest BCUT2D eigenvalue weighted by Gasteiger charge is 2.22. The summed E-state index contributed by atoms with van der Waals surface area (Å²) < 4.78 is 45.3. The number of hydrogen-bond acceptors (Lipinski definition) is 4. The molecule has 0 fully saturated rings. The molecular weight excluding hydrogens is 383 g/mol. The minimum atomic E-state index is -3.56. The summed E-state index contributed by atoms with van der Waals surface area (Å²) in [5, 5.41) is 2.60. The third kappa shape index (κ3) is 5.08. The summed E-state index contributed by atoms with van der Waals surface area (Å²) in [7, 11) is -3.56. The minimum Gasteiger partial charge on any atom is -0.483 e. The van der Waals surface area contributed by atoms with E-state index in [1.807, 2.05) is 0 Å². The Labute approximate surface area is 165 Å². The maximum Gasteiger partial charge on any atom is 0.262 e. The van der Waals surface area contributed by atoms with Crippen molar-refractivity contribution in [1.82, 2.24) is 4.31 Å². The van der Waals surface area contributed by atoms with Gasteiger partial charge in [-0.1, -0.05) is 19.9 Å². The Kier molecular flexibility index (Phi) is 7.15. The predicted octanol–water partition coefficient (Wildman–Crippen LogP) is 3.49. The van der Waals surface area contributed by atoms with E-state index in [1.54, 1.807) is 33.8 Å². The number of amides is 1. The molecule has 2 aromatic carbocycles. The fourth-order valence-electron chi connectivity index (χ4n) is 2.72. The second-order valence-corrected chi connectivity index (χ2v) is 8.25. The predicted molar refractivity (Wildman–Crippen MR) is 107 cm³/mol. The van der Waals surface area contributed by atoms with Gasteiger partial charge in [0.2, 0.25) is 10.0 Å². The van der Waals surface area contributed by atoms with Crippen molar-refractivity contribution in [3.05, 3.63) is 53.3 Å². The first-order chi connectivity index (χ1) is 13.2. The SMILES string of the molecule is CCN(CC)S(=O)(=O)c1ccc(OCC(=O)Nc2cc(F)ccc2C)c(C)c1. The quantitative estimate of drug-likeness (QED) is 0.726. The second kappa shape index (κ2) is 9.16. The van der Waals surface area contributed by atoms with E-state index in [0.29, 0.717) is 30.1 Å². The van der Waals surface area contributed by atoms with E-state index in [4.69, 9.17) is 4.74 Å². The van der Waals surface area contributed by atoms with Crippen molar-refractivity contribution in [3.8, 4) is 5.75 Å². The van der Waals surface area contributed by atoms with Gasteiger partial charge in [-0.05, 0) is 55.3 Å². The molecule has 8 heteroatoms. The Morgan fingerprint density at radius 3 is 2.36 bits per heavy atom. The lowest BCUT2D eigenvalue weighted by molar-refractivity contribution is -0.118. The van der Waals surface area contributed by atoms with Crippen molar-refractivity contribution in [1.29, 1.82) is 0 Å². The van der Waals surface area contributed by atoms with E-state index in [1.165, 1.54) is 34.6 Å². The van der Waals surface area contributed by atoms with Crippen LogP contribution >= 0.6 is 0 Å². The molecule has 0 spiro atoms. The Balaban J connectivity index is 2.07. The van der Waals surface area contributed by atoms with Gasteiger partial charge in [0, 0.05) is 18.8 Å². The van der Waals surface area contributed by atoms with Crippen LogP contribution in [-0.2, 0) is 14.8 Å². The first-order valence-corrected chi connectivity index (χ1v) is 10.4. The van der Waals surface area contributed by atoms with Crippen molar-refractivity contribution in [3.63, 3.8) is 0 Å². The number of hydrogen-bond donors (Lipinski definition) is 1. The zero-order valence-corrected chi connectivity index (χ0v) is 17.3. The fourth-order valence-corrected chi connectivity index (χ4v) is 4.26. The number of nitrogens with one attached hydrogen (secondary N) is 1. The maximum absolute atomic E-state index is 13.3. The van der Waals surface area contributed by atoms with Crippen LogP contribution in [0.15, 0.2) is 41.3 Å². The second-order valence-electron chi connectivity index (χ2n) is 6.31. The third-order valence-corrected chi connectivity index (χ3v) is 6.37. The number of anilines is 1. The molecule has 0 saturated carbocycles. The smallest absolute Gasteiger partial charge is 0.262 e. The van der Waals surface area contributed by atoms with E-state index < -0.39 is 21.7 Å². The molecule has 152 valence electrons. The van der Waals surface area contributed by atoms with Gasteiger partial charge in [-0.3, -0.25) is 4.79 Å². The number of ether oxygens (including phenoxy) is 1. The topological polar surface area (TPSA) is 75.7 Å². The lowest BCUT2D eigenvalue weighted by Crippen LogP contribution is -2.30. The number of rotatable bonds is 8. The third-order valence-electron chi connectivity index (χ3n) is 4.32. The molecule has 2 aromatic rings. The number of carbonyl (C=O) groups is 1. The van der Waals surface area contributed by atoms with Crippen LogP contribution in [0.4, 0.5) is 10.1 Å². The van der Waals surface area contributed by atoms with E-state index in [0.717, 1.165) is 5.56 Å². The summed E-state index contributed by atoms with van der Waals surface area (Å²) >= 11 is 0. The maximum atomic E-state index is 13.3. The van der Waals surface area contributed by atoms with Gasteiger partial charge in [-0.2, -0.15) is 4.31 Å². The normalized spacial score (nSPS) is 11.5. The van der Waals surface area contributed by atoms with Gasteiger partial charge in [0.15, 0.2) is 6.61 Å². The number of carbonyl (C=O) groups excluding carboxylic acids is 1. The molecule has 0 aliphatic rings. The minimum absolute atomic E-state index is 0.181. The van der Waals surface area contributed by atoms with Gasteiger partial charge in [-0.25, -0.2) is 12.8 Å². The lowest BCUT2D eigenvalue weighted by Gasteiger charge is -2.19. The summed E-state index contributed by atoms with van der Waals surface area (Å²) in [5.74, 6) is -0.472. The molecule has 1 amide bonds. The standard InChI is InChI=1S/C20H25FN2O4S/c1-5-23(6-2)28(25,26)17-9-10-19(15(4)11-17)27-13-20(24)22-18-12-16(21)8-7-14(18)3/h7-12H,5-6,13H2,1-4H3,(H,22,24). The molecule has 0 heterocycles. The fraction of sp³-hybridized carbons (Fsp3) is 0.350. The van der Waals surface area contributed by atoms with Crippen molar-refractivity contribution in [2.45, 2.75) is 32.6 Å². The van der Waals surface area contributed by atoms with Crippen LogP contribution in [0.3, 0.4) is 0 Å². The molecule has 6 nitrogen and oxygen atoms in total. The Morgan fingerprint density at radius 2 is 1.75 bits per heavy atom. The highest BCUT2D eigenvalue weighted by atomic mass is 32.2. The van der Waals surface area contributed by atoms with Crippen molar-refractivity contribution in [2.75, 3.05) is 25.0 Å². The summed E-state index contributed by atoms with van der Waals surface area (Å²) in [6.45, 7) is 7.53. The summed E-state index contributed by atoms with van der Waals surface area (Å²) in [6, 6.07) is 8.66. The number of aryl methyl sites for hydroxylation is 2. The molecule has 0 aliphatic carbocycles. The zero-order valence-electron chi connectivity index (χ0n) is 16.5. The van der Waals surface area contributed by atoms with Crippen LogP contribution in [0, 0.1) is 19.7 Å². The van der Waals surface area contributed by atoms with Crippen LogP contribution < -0.4 is 10.1 Å². The zero-order chi connectivity index (χ0) is 20.9. The molecule has 0 aromatic heterocycles. The Bertz CT molecular complexity index is 957. The van der Waals surface area contributed by atoms with Crippen molar-refractivity contribution in [2.24, 2.45) is 0 Å². The van der Waals surface area contributed by atoms with E-state index in [2.05, 4.69) is 5.32 Å². The molecule has 0 saturated heterocycles. The van der Waals surface area contributed by atoms with Crippen LogP contribution in [0.2, 0.25) is 0 Å².